The molecular weight excluding hydrogens is 460 g/mol. The highest BCUT2D eigenvalue weighted by atomic mass is 35.5. The van der Waals surface area contributed by atoms with E-state index in [4.69, 9.17) is 26.2 Å². The van der Waals surface area contributed by atoms with Crippen molar-refractivity contribution >= 4 is 35.6 Å². The molecule has 0 spiro atoms. The van der Waals surface area contributed by atoms with Crippen LogP contribution in [0.5, 0.6) is 11.5 Å². The van der Waals surface area contributed by atoms with Crippen LogP contribution in [0.25, 0.3) is 0 Å². The normalized spacial score (nSPS) is 24.8. The number of allylic oxidation sites excluding steroid dienone is 2. The first-order valence-electron chi connectivity index (χ1n) is 10.8. The molecule has 2 aromatic carbocycles. The molecule has 0 radical (unpaired) electrons. The third kappa shape index (κ3) is 3.74. The van der Waals surface area contributed by atoms with Crippen LogP contribution in [-0.2, 0) is 16.2 Å². The topological polar surface area (TPSA) is 106 Å². The number of fused-ring (bicyclic) bond motifs is 5. The van der Waals surface area contributed by atoms with Crippen molar-refractivity contribution in [3.63, 3.8) is 0 Å². The molecule has 1 saturated heterocycles. The van der Waals surface area contributed by atoms with Gasteiger partial charge in [0, 0.05) is 0 Å². The Morgan fingerprint density at radius 1 is 1.18 bits per heavy atom. The number of halogens is 1. The van der Waals surface area contributed by atoms with Gasteiger partial charge in [-0.05, 0) is 53.6 Å². The Hall–Kier alpha value is -3.65. The van der Waals surface area contributed by atoms with Gasteiger partial charge in [0.25, 0.3) is 11.8 Å². The molecule has 2 aromatic rings. The predicted octanol–water partition coefficient (Wildman–Crippen LogP) is 3.77. The molecule has 0 aromatic heterocycles. The van der Waals surface area contributed by atoms with E-state index in [0.29, 0.717) is 16.9 Å². The first-order valence-corrected chi connectivity index (χ1v) is 11.2. The number of hydrogen-bond acceptors (Lipinski definition) is 6. The van der Waals surface area contributed by atoms with Gasteiger partial charge in [-0.1, -0.05) is 35.9 Å². The monoisotopic (exact) mass is 480 g/mol. The summed E-state index contributed by atoms with van der Waals surface area (Å²) in [6.07, 6.45) is 6.33. The fraction of sp³-hybridized carbons (Fsp3) is 0.280. The second-order valence-corrected chi connectivity index (χ2v) is 8.97. The van der Waals surface area contributed by atoms with E-state index in [1.54, 1.807) is 24.3 Å². The molecule has 1 heterocycles. The van der Waals surface area contributed by atoms with Crippen LogP contribution in [0.15, 0.2) is 53.7 Å². The number of aromatic carboxylic acids is 1. The zero-order valence-electron chi connectivity index (χ0n) is 18.2. The van der Waals surface area contributed by atoms with Gasteiger partial charge in [-0.25, -0.2) is 4.79 Å². The van der Waals surface area contributed by atoms with Gasteiger partial charge in [0.2, 0.25) is 0 Å². The molecule has 174 valence electrons. The summed E-state index contributed by atoms with van der Waals surface area (Å²) in [6, 6.07) is 9.62. The molecule has 9 heteroatoms. The summed E-state index contributed by atoms with van der Waals surface area (Å²) in [7, 11) is 1.46. The smallest absolute Gasteiger partial charge is 0.335 e. The number of hydrogen-bond donors (Lipinski definition) is 1. The Morgan fingerprint density at radius 3 is 2.53 bits per heavy atom. The van der Waals surface area contributed by atoms with Crippen LogP contribution in [0.1, 0.15) is 27.9 Å². The fourth-order valence-corrected chi connectivity index (χ4v) is 5.30. The van der Waals surface area contributed by atoms with Gasteiger partial charge < -0.3 is 14.6 Å². The van der Waals surface area contributed by atoms with Gasteiger partial charge in [0.1, 0.15) is 6.61 Å². The van der Waals surface area contributed by atoms with Crippen molar-refractivity contribution in [1.29, 1.82) is 0 Å². The summed E-state index contributed by atoms with van der Waals surface area (Å²) in [5.74, 6) is -1.31. The summed E-state index contributed by atoms with van der Waals surface area (Å²) >= 11 is 6.42. The van der Waals surface area contributed by atoms with Gasteiger partial charge in [-0.2, -0.15) is 10.1 Å². The Morgan fingerprint density at radius 2 is 1.88 bits per heavy atom. The van der Waals surface area contributed by atoms with Crippen LogP contribution >= 0.6 is 11.6 Å². The summed E-state index contributed by atoms with van der Waals surface area (Å²) < 4.78 is 11.2. The fourth-order valence-electron chi connectivity index (χ4n) is 5.03. The van der Waals surface area contributed by atoms with Crippen molar-refractivity contribution < 1.29 is 29.0 Å². The third-order valence-electron chi connectivity index (χ3n) is 6.58. The number of imide groups is 1. The van der Waals surface area contributed by atoms with E-state index in [1.165, 1.54) is 25.5 Å². The summed E-state index contributed by atoms with van der Waals surface area (Å²) in [5.41, 5.74) is 1.34. The van der Waals surface area contributed by atoms with E-state index in [1.807, 2.05) is 12.2 Å². The largest absolute Gasteiger partial charge is 0.493 e. The molecule has 34 heavy (non-hydrogen) atoms. The van der Waals surface area contributed by atoms with E-state index in [0.717, 1.165) is 11.4 Å². The second kappa shape index (κ2) is 8.61. The van der Waals surface area contributed by atoms with E-state index < -0.39 is 5.97 Å². The lowest BCUT2D eigenvalue weighted by Gasteiger charge is -2.14. The first kappa shape index (κ1) is 22.2. The molecule has 0 unspecified atom stereocenters. The highest BCUT2D eigenvalue weighted by molar-refractivity contribution is 6.32. The number of hydrazone groups is 1. The van der Waals surface area contributed by atoms with Crippen LogP contribution in [0.2, 0.25) is 5.02 Å². The highest BCUT2D eigenvalue weighted by Gasteiger charge is 2.59. The average Bonchev–Trinajstić information content (AvgIpc) is 3.51. The standard InChI is InChI=1S/C25H21ClN2O6/c1-33-19-9-14(8-18(26)22(19)34-12-13-3-2-4-17(7-13)25(31)32)11-27-28-23(29)20-15-5-6-16(10-15)21(20)24(28)30/h2-9,11,15-16,20-21H,10,12H2,1H3,(H,31,32)/t15-,16-,20-,21+/m0/s1. The third-order valence-corrected chi connectivity index (χ3v) is 6.86. The van der Waals surface area contributed by atoms with Crippen molar-refractivity contribution in [2.45, 2.75) is 13.0 Å². The number of amides is 2. The maximum atomic E-state index is 12.8. The number of carboxylic acids is 1. The average molecular weight is 481 g/mol. The number of carboxylic acid groups (broad SMARTS) is 1. The number of ether oxygens (including phenoxy) is 2. The van der Waals surface area contributed by atoms with E-state index in [-0.39, 0.29) is 58.4 Å². The predicted molar refractivity (Wildman–Crippen MR) is 123 cm³/mol. The van der Waals surface area contributed by atoms with Crippen molar-refractivity contribution in [3.8, 4) is 11.5 Å². The van der Waals surface area contributed by atoms with Crippen molar-refractivity contribution in [2.24, 2.45) is 28.8 Å². The lowest BCUT2D eigenvalue weighted by atomic mass is 9.85. The van der Waals surface area contributed by atoms with Crippen LogP contribution in [0.4, 0.5) is 0 Å². The molecule has 5 rings (SSSR count). The van der Waals surface area contributed by atoms with Gasteiger partial charge in [0.15, 0.2) is 11.5 Å². The molecule has 8 nitrogen and oxygen atoms in total. The summed E-state index contributed by atoms with van der Waals surface area (Å²) in [5, 5.41) is 14.5. The summed E-state index contributed by atoms with van der Waals surface area (Å²) in [4.78, 5) is 36.7. The van der Waals surface area contributed by atoms with E-state index >= 15 is 0 Å². The zero-order chi connectivity index (χ0) is 24.0. The molecular formula is C25H21ClN2O6. The van der Waals surface area contributed by atoms with Crippen LogP contribution in [-0.4, -0.2) is 41.2 Å². The number of carbonyl (C=O) groups is 3. The van der Waals surface area contributed by atoms with Crippen molar-refractivity contribution in [2.75, 3.05) is 7.11 Å². The summed E-state index contributed by atoms with van der Waals surface area (Å²) in [6.45, 7) is 0.0839. The highest BCUT2D eigenvalue weighted by Crippen LogP contribution is 2.52. The minimum absolute atomic E-state index is 0.0839. The zero-order valence-corrected chi connectivity index (χ0v) is 18.9. The van der Waals surface area contributed by atoms with Crippen LogP contribution in [0.3, 0.4) is 0 Å². The van der Waals surface area contributed by atoms with Gasteiger partial charge >= 0.3 is 5.97 Å². The van der Waals surface area contributed by atoms with Crippen molar-refractivity contribution in [3.05, 3.63) is 70.3 Å². The van der Waals surface area contributed by atoms with E-state index in [2.05, 4.69) is 5.10 Å². The van der Waals surface area contributed by atoms with Crippen LogP contribution in [0, 0.1) is 23.7 Å². The Kier molecular flexibility index (Phi) is 5.61. The molecule has 3 aliphatic rings. The van der Waals surface area contributed by atoms with E-state index in [9.17, 15) is 14.4 Å². The molecule has 2 bridgehead atoms. The van der Waals surface area contributed by atoms with Crippen molar-refractivity contribution in [1.82, 2.24) is 5.01 Å². The van der Waals surface area contributed by atoms with Crippen LogP contribution < -0.4 is 9.47 Å². The number of benzene rings is 2. The molecule has 2 aliphatic carbocycles. The van der Waals surface area contributed by atoms with Gasteiger partial charge in [-0.15, -0.1) is 0 Å². The second-order valence-electron chi connectivity index (χ2n) is 8.56. The minimum Gasteiger partial charge on any atom is -0.493 e. The Bertz CT molecular complexity index is 1230. The number of methoxy groups -OCH3 is 1. The SMILES string of the molecule is COc1cc(C=NN2C(=O)[C@@H]3[C@H](C2=O)[C@H]2C=C[C@H]3C2)cc(Cl)c1OCc1cccc(C(=O)O)c1. The lowest BCUT2D eigenvalue weighted by Crippen LogP contribution is -2.28. The molecule has 2 amide bonds. The van der Waals surface area contributed by atoms with Gasteiger partial charge in [0.05, 0.1) is 35.7 Å². The number of carbonyl (C=O) groups excluding carboxylic acids is 2. The number of nitrogens with zero attached hydrogens (tertiary/aromatic N) is 2. The molecule has 1 N–H and O–H groups in total. The maximum Gasteiger partial charge on any atom is 0.335 e. The number of rotatable bonds is 7. The molecule has 1 saturated carbocycles. The quantitative estimate of drug-likeness (QED) is 0.367. The molecule has 4 atom stereocenters. The maximum absolute atomic E-state index is 12.8. The molecule has 2 fully saturated rings. The first-order chi connectivity index (χ1) is 16.4. The van der Waals surface area contributed by atoms with Gasteiger partial charge in [-0.3, -0.25) is 9.59 Å². The lowest BCUT2D eigenvalue weighted by molar-refractivity contribution is -0.140. The molecule has 1 aliphatic heterocycles. The Labute approximate surface area is 200 Å². The Balaban J connectivity index is 1.32. The minimum atomic E-state index is -1.02.